The van der Waals surface area contributed by atoms with E-state index in [-0.39, 0.29) is 6.04 Å². The second kappa shape index (κ2) is 5.31. The minimum absolute atomic E-state index is 0.276. The van der Waals surface area contributed by atoms with Crippen LogP contribution >= 0.6 is 27.7 Å². The van der Waals surface area contributed by atoms with Crippen molar-refractivity contribution in [2.24, 2.45) is 7.05 Å². The lowest BCUT2D eigenvalue weighted by Crippen LogP contribution is -2.26. The summed E-state index contributed by atoms with van der Waals surface area (Å²) in [6, 6.07) is 8.98. The molecule has 0 saturated heterocycles. The predicted octanol–water partition coefficient (Wildman–Crippen LogP) is 3.33. The molecule has 0 aliphatic carbocycles. The summed E-state index contributed by atoms with van der Waals surface area (Å²) in [5.74, 6) is 1.60. The van der Waals surface area contributed by atoms with Gasteiger partial charge in [0.2, 0.25) is 0 Å². The van der Waals surface area contributed by atoms with Crippen LogP contribution in [0.3, 0.4) is 0 Å². The van der Waals surface area contributed by atoms with Crippen molar-refractivity contribution in [2.75, 3.05) is 12.8 Å². The summed E-state index contributed by atoms with van der Waals surface area (Å²) < 4.78 is 3.03. The van der Waals surface area contributed by atoms with Crippen LogP contribution in [-0.4, -0.2) is 22.6 Å². The zero-order valence-electron chi connectivity index (χ0n) is 10.9. The third-order valence-electron chi connectivity index (χ3n) is 3.68. The third-order valence-corrected chi connectivity index (χ3v) is 5.50. The number of rotatable bonds is 3. The number of nitrogens with one attached hydrogen (secondary N) is 1. The molecule has 100 valence electrons. The van der Waals surface area contributed by atoms with Crippen LogP contribution < -0.4 is 5.32 Å². The maximum absolute atomic E-state index is 4.34. The van der Waals surface area contributed by atoms with Crippen LogP contribution in [0.15, 0.2) is 39.8 Å². The highest BCUT2D eigenvalue weighted by atomic mass is 79.9. The number of hydrogen-bond donors (Lipinski definition) is 1. The van der Waals surface area contributed by atoms with E-state index in [2.05, 4.69) is 50.6 Å². The number of fused-ring (bicyclic) bond motifs is 1. The molecule has 2 unspecified atom stereocenters. The van der Waals surface area contributed by atoms with Crippen molar-refractivity contribution in [1.29, 1.82) is 0 Å². The van der Waals surface area contributed by atoms with Crippen molar-refractivity contribution in [1.82, 2.24) is 15.1 Å². The minimum Gasteiger partial charge on any atom is -0.311 e. The third kappa shape index (κ3) is 2.24. The Morgan fingerprint density at radius 2 is 2.26 bits per heavy atom. The first kappa shape index (κ1) is 13.2. The Bertz CT molecular complexity index is 577. The first-order valence-corrected chi connectivity index (χ1v) is 8.06. The van der Waals surface area contributed by atoms with Gasteiger partial charge in [0.15, 0.2) is 0 Å². The van der Waals surface area contributed by atoms with Crippen molar-refractivity contribution >= 4 is 27.7 Å². The minimum atomic E-state index is 0.276. The Kier molecular flexibility index (Phi) is 3.69. The van der Waals surface area contributed by atoms with Crippen molar-refractivity contribution in [3.05, 3.63) is 46.2 Å². The summed E-state index contributed by atoms with van der Waals surface area (Å²) in [6.45, 7) is 0. The molecule has 3 rings (SSSR count). The second-order valence-electron chi connectivity index (χ2n) is 4.72. The molecule has 19 heavy (non-hydrogen) atoms. The maximum Gasteiger partial charge on any atom is 0.0698 e. The molecule has 2 atom stereocenters. The number of aromatic nitrogens is 2. The molecule has 1 aliphatic heterocycles. The van der Waals surface area contributed by atoms with Crippen molar-refractivity contribution in [3.63, 3.8) is 0 Å². The van der Waals surface area contributed by atoms with E-state index in [4.69, 9.17) is 0 Å². The van der Waals surface area contributed by atoms with Crippen LogP contribution in [0, 0.1) is 0 Å². The zero-order chi connectivity index (χ0) is 13.4. The Morgan fingerprint density at radius 1 is 1.47 bits per heavy atom. The monoisotopic (exact) mass is 337 g/mol. The number of likely N-dealkylation sites (N-methyl/N-ethyl adjacent to an activating group) is 1. The molecule has 1 aromatic carbocycles. The summed E-state index contributed by atoms with van der Waals surface area (Å²) in [5, 5.41) is 7.80. The molecule has 3 nitrogen and oxygen atoms in total. The first-order chi connectivity index (χ1) is 9.22. The number of hydrogen-bond acceptors (Lipinski definition) is 3. The second-order valence-corrected chi connectivity index (χ2v) is 6.64. The molecular weight excluding hydrogens is 322 g/mol. The van der Waals surface area contributed by atoms with E-state index in [1.807, 2.05) is 36.7 Å². The fraction of sp³-hybridized carbons (Fsp3) is 0.357. The first-order valence-electron chi connectivity index (χ1n) is 6.28. The van der Waals surface area contributed by atoms with Crippen molar-refractivity contribution in [3.8, 4) is 0 Å². The average Bonchev–Trinajstić information content (AvgIpc) is 2.98. The fourth-order valence-corrected chi connectivity index (χ4v) is 4.65. The van der Waals surface area contributed by atoms with Gasteiger partial charge in [0.05, 0.1) is 22.4 Å². The molecule has 0 radical (unpaired) electrons. The van der Waals surface area contributed by atoms with Crippen LogP contribution in [-0.2, 0) is 7.05 Å². The maximum atomic E-state index is 4.34. The number of aryl methyl sites for hydroxylation is 1. The number of nitrogens with zero attached hydrogens (tertiary/aromatic N) is 2. The topological polar surface area (TPSA) is 29.9 Å². The van der Waals surface area contributed by atoms with Gasteiger partial charge >= 0.3 is 0 Å². The zero-order valence-corrected chi connectivity index (χ0v) is 13.3. The van der Waals surface area contributed by atoms with E-state index in [9.17, 15) is 0 Å². The standard InChI is InChI=1S/C14H16BrN3S/c1-16-13(14-11(15)7-17-18(14)2)10-8-19-12-6-4-3-5-9(10)12/h3-7,10,13,16H,8H2,1-2H3. The van der Waals surface area contributed by atoms with Crippen LogP contribution in [0.2, 0.25) is 0 Å². The van der Waals surface area contributed by atoms with Crippen molar-refractivity contribution < 1.29 is 0 Å². The van der Waals surface area contributed by atoms with E-state index in [0.717, 1.165) is 10.2 Å². The SMILES string of the molecule is CNC(c1c(Br)cnn1C)C1CSc2ccccc21. The van der Waals surface area contributed by atoms with Gasteiger partial charge in [-0.05, 0) is 34.6 Å². The van der Waals surface area contributed by atoms with E-state index < -0.39 is 0 Å². The highest BCUT2D eigenvalue weighted by molar-refractivity contribution is 9.10. The molecule has 2 heterocycles. The van der Waals surface area contributed by atoms with Crippen LogP contribution in [0.1, 0.15) is 23.2 Å². The molecule has 0 bridgehead atoms. The van der Waals surface area contributed by atoms with Crippen LogP contribution in [0.5, 0.6) is 0 Å². The Hall–Kier alpha value is -0.780. The molecule has 1 aromatic heterocycles. The predicted molar refractivity (Wildman–Crippen MR) is 82.6 cm³/mol. The Labute approximate surface area is 125 Å². The highest BCUT2D eigenvalue weighted by Crippen LogP contribution is 2.46. The van der Waals surface area contributed by atoms with E-state index >= 15 is 0 Å². The number of benzene rings is 1. The van der Waals surface area contributed by atoms with E-state index in [0.29, 0.717) is 5.92 Å². The van der Waals surface area contributed by atoms with Gasteiger partial charge in [-0.3, -0.25) is 4.68 Å². The molecule has 5 heteroatoms. The summed E-state index contributed by atoms with van der Waals surface area (Å²) in [7, 11) is 4.02. The summed E-state index contributed by atoms with van der Waals surface area (Å²) in [4.78, 5) is 1.41. The van der Waals surface area contributed by atoms with Gasteiger partial charge in [0.1, 0.15) is 0 Å². The number of halogens is 1. The van der Waals surface area contributed by atoms with E-state index in [1.165, 1.54) is 16.2 Å². The molecule has 1 aliphatic rings. The molecule has 0 saturated carbocycles. The summed E-state index contributed by atoms with van der Waals surface area (Å²) in [5.41, 5.74) is 2.66. The molecule has 0 amide bonds. The summed E-state index contributed by atoms with van der Waals surface area (Å²) >= 11 is 5.56. The van der Waals surface area contributed by atoms with Crippen molar-refractivity contribution in [2.45, 2.75) is 16.9 Å². The van der Waals surface area contributed by atoms with Gasteiger partial charge in [-0.2, -0.15) is 5.10 Å². The summed E-state index contributed by atoms with van der Waals surface area (Å²) in [6.07, 6.45) is 1.87. The lowest BCUT2D eigenvalue weighted by Gasteiger charge is -2.24. The fourth-order valence-electron chi connectivity index (χ4n) is 2.76. The van der Waals surface area contributed by atoms with Gasteiger partial charge in [0.25, 0.3) is 0 Å². The smallest absolute Gasteiger partial charge is 0.0698 e. The van der Waals surface area contributed by atoms with Gasteiger partial charge in [-0.1, -0.05) is 18.2 Å². The van der Waals surface area contributed by atoms with Gasteiger partial charge < -0.3 is 5.32 Å². The molecule has 0 spiro atoms. The van der Waals surface area contributed by atoms with Crippen LogP contribution in [0.4, 0.5) is 0 Å². The molecular formula is C14H16BrN3S. The normalized spacial score (nSPS) is 19.4. The molecule has 2 aromatic rings. The molecule has 1 N–H and O–H groups in total. The van der Waals surface area contributed by atoms with Gasteiger partial charge in [-0.25, -0.2) is 0 Å². The molecule has 0 fully saturated rings. The lowest BCUT2D eigenvalue weighted by atomic mass is 9.91. The van der Waals surface area contributed by atoms with Gasteiger partial charge in [-0.15, -0.1) is 11.8 Å². The Morgan fingerprint density at radius 3 is 2.95 bits per heavy atom. The highest BCUT2D eigenvalue weighted by Gasteiger charge is 2.32. The Balaban J connectivity index is 2.01. The quantitative estimate of drug-likeness (QED) is 0.931. The average molecular weight is 338 g/mol. The van der Waals surface area contributed by atoms with E-state index in [1.54, 1.807) is 0 Å². The van der Waals surface area contributed by atoms with Gasteiger partial charge in [0, 0.05) is 23.6 Å². The largest absolute Gasteiger partial charge is 0.311 e. The van der Waals surface area contributed by atoms with Crippen LogP contribution in [0.25, 0.3) is 0 Å². The number of thioether (sulfide) groups is 1. The lowest BCUT2D eigenvalue weighted by molar-refractivity contribution is 0.476.